The minimum atomic E-state index is -0.478. The fourth-order valence-electron chi connectivity index (χ4n) is 2.99. The van der Waals surface area contributed by atoms with Gasteiger partial charge in [-0.2, -0.15) is 0 Å². The molecule has 4 rings (SSSR count). The van der Waals surface area contributed by atoms with Crippen molar-refractivity contribution in [3.8, 4) is 16.3 Å². The molecule has 0 atom stereocenters. The van der Waals surface area contributed by atoms with Crippen molar-refractivity contribution in [1.82, 2.24) is 4.98 Å². The molecule has 2 heterocycles. The van der Waals surface area contributed by atoms with E-state index in [4.69, 9.17) is 9.15 Å². The second kappa shape index (κ2) is 7.97. The van der Waals surface area contributed by atoms with Crippen molar-refractivity contribution in [2.24, 2.45) is 0 Å². The van der Waals surface area contributed by atoms with Crippen LogP contribution in [0.4, 0.5) is 4.39 Å². The van der Waals surface area contributed by atoms with Crippen molar-refractivity contribution in [3.05, 3.63) is 81.4 Å². The summed E-state index contributed by atoms with van der Waals surface area (Å²) in [5.74, 6) is -0.492. The monoisotopic (exact) mass is 409 g/mol. The number of aromatic nitrogens is 1. The van der Waals surface area contributed by atoms with Gasteiger partial charge in [0.15, 0.2) is 0 Å². The molecule has 0 spiro atoms. The molecule has 0 unspecified atom stereocenters. The number of benzene rings is 2. The predicted octanol–water partition coefficient (Wildman–Crippen LogP) is 4.77. The molecule has 29 heavy (non-hydrogen) atoms. The Labute approximate surface area is 169 Å². The molecule has 0 saturated carbocycles. The van der Waals surface area contributed by atoms with E-state index in [0.717, 1.165) is 16.5 Å². The van der Waals surface area contributed by atoms with Crippen molar-refractivity contribution in [2.45, 2.75) is 19.8 Å². The van der Waals surface area contributed by atoms with Crippen LogP contribution in [0.3, 0.4) is 0 Å². The molecule has 7 heteroatoms. The van der Waals surface area contributed by atoms with Crippen LogP contribution >= 0.6 is 11.3 Å². The molecule has 5 nitrogen and oxygen atoms in total. The number of carbonyl (C=O) groups is 1. The zero-order valence-electron chi connectivity index (χ0n) is 15.5. The molecule has 0 amide bonds. The molecule has 0 aliphatic heterocycles. The maximum atomic E-state index is 13.0. The maximum absolute atomic E-state index is 13.0. The summed E-state index contributed by atoms with van der Waals surface area (Å²) in [6.07, 6.45) is 0.691. The van der Waals surface area contributed by atoms with E-state index in [2.05, 4.69) is 4.98 Å². The highest BCUT2D eigenvalue weighted by Gasteiger charge is 2.13. The molecule has 0 radical (unpaired) electrons. The summed E-state index contributed by atoms with van der Waals surface area (Å²) in [7, 11) is 0. The van der Waals surface area contributed by atoms with Gasteiger partial charge in [-0.05, 0) is 48.4 Å². The van der Waals surface area contributed by atoms with Crippen LogP contribution in [-0.4, -0.2) is 11.0 Å². The number of esters is 1. The van der Waals surface area contributed by atoms with Gasteiger partial charge in [-0.3, -0.25) is 4.79 Å². The summed E-state index contributed by atoms with van der Waals surface area (Å²) in [6.45, 7) is 1.95. The average Bonchev–Trinajstić information content (AvgIpc) is 3.15. The van der Waals surface area contributed by atoms with Crippen molar-refractivity contribution < 1.29 is 18.3 Å². The lowest BCUT2D eigenvalue weighted by Gasteiger charge is -2.06. The van der Waals surface area contributed by atoms with Gasteiger partial charge in [-0.1, -0.05) is 6.92 Å². The molecule has 2 aromatic heterocycles. The third-order valence-corrected chi connectivity index (χ3v) is 5.32. The van der Waals surface area contributed by atoms with Crippen molar-refractivity contribution in [3.63, 3.8) is 0 Å². The average molecular weight is 409 g/mol. The van der Waals surface area contributed by atoms with Gasteiger partial charge in [-0.25, -0.2) is 14.2 Å². The Morgan fingerprint density at radius 2 is 1.97 bits per heavy atom. The number of hydrogen-bond acceptors (Lipinski definition) is 6. The van der Waals surface area contributed by atoms with Crippen LogP contribution < -0.4 is 10.4 Å². The lowest BCUT2D eigenvalue weighted by molar-refractivity contribution is -0.133. The van der Waals surface area contributed by atoms with Crippen LogP contribution in [0, 0.1) is 5.82 Å². The van der Waals surface area contributed by atoms with Gasteiger partial charge < -0.3 is 9.15 Å². The van der Waals surface area contributed by atoms with Crippen LogP contribution in [0.1, 0.15) is 18.2 Å². The normalized spacial score (nSPS) is 11.0. The van der Waals surface area contributed by atoms with E-state index in [1.807, 2.05) is 6.92 Å². The number of halogens is 1. The Bertz CT molecular complexity index is 1240. The summed E-state index contributed by atoms with van der Waals surface area (Å²) < 4.78 is 23.7. The van der Waals surface area contributed by atoms with E-state index in [-0.39, 0.29) is 12.2 Å². The highest BCUT2D eigenvalue weighted by molar-refractivity contribution is 7.13. The summed E-state index contributed by atoms with van der Waals surface area (Å²) in [4.78, 5) is 28.4. The van der Waals surface area contributed by atoms with Crippen LogP contribution in [0.25, 0.3) is 21.5 Å². The molecule has 2 aromatic carbocycles. The molecule has 146 valence electrons. The van der Waals surface area contributed by atoms with E-state index in [9.17, 15) is 14.0 Å². The number of carbonyl (C=O) groups excluding carboxylic acids is 1. The molecule has 0 N–H and O–H groups in total. The Kier molecular flexibility index (Phi) is 5.22. The second-order valence-corrected chi connectivity index (χ2v) is 7.26. The zero-order valence-corrected chi connectivity index (χ0v) is 16.3. The topological polar surface area (TPSA) is 69.4 Å². The van der Waals surface area contributed by atoms with E-state index in [1.165, 1.54) is 29.5 Å². The number of ether oxygens (including phenoxy) is 1. The van der Waals surface area contributed by atoms with Gasteiger partial charge in [0, 0.05) is 28.5 Å². The quantitative estimate of drug-likeness (QED) is 0.270. The van der Waals surface area contributed by atoms with Crippen LogP contribution in [0.5, 0.6) is 5.75 Å². The van der Waals surface area contributed by atoms with Crippen molar-refractivity contribution in [2.75, 3.05) is 0 Å². The van der Waals surface area contributed by atoms with E-state index < -0.39 is 11.6 Å². The molecular weight excluding hydrogens is 393 g/mol. The zero-order chi connectivity index (χ0) is 20.4. The van der Waals surface area contributed by atoms with Crippen molar-refractivity contribution in [1.29, 1.82) is 0 Å². The van der Waals surface area contributed by atoms with Crippen LogP contribution in [0.2, 0.25) is 0 Å². The Balaban J connectivity index is 1.49. The van der Waals surface area contributed by atoms with Gasteiger partial charge in [0.25, 0.3) is 0 Å². The minimum Gasteiger partial charge on any atom is -0.426 e. The third-order valence-electron chi connectivity index (χ3n) is 4.38. The number of thiazole rings is 1. The Hall–Kier alpha value is -3.32. The van der Waals surface area contributed by atoms with Gasteiger partial charge in [0.2, 0.25) is 0 Å². The Morgan fingerprint density at radius 3 is 2.72 bits per heavy atom. The minimum absolute atomic E-state index is 0.00528. The first kappa shape index (κ1) is 19.0. The van der Waals surface area contributed by atoms with Crippen LogP contribution in [-0.2, 0) is 17.6 Å². The van der Waals surface area contributed by atoms with Gasteiger partial charge >= 0.3 is 11.6 Å². The number of fused-ring (bicyclic) bond motifs is 1. The standard InChI is InChI=1S/C22H16FNO4S/c1-2-13-9-20(25)28-19-11-17(7-8-18(13)19)27-21(26)10-16-12-29-22(24-16)14-3-5-15(23)6-4-14/h3-9,11-12H,2,10H2,1H3. The largest absolute Gasteiger partial charge is 0.426 e. The van der Waals surface area contributed by atoms with Gasteiger partial charge in [0.05, 0.1) is 12.1 Å². The third kappa shape index (κ3) is 4.25. The highest BCUT2D eigenvalue weighted by Crippen LogP contribution is 2.25. The molecular formula is C22H16FNO4S. The first-order valence-corrected chi connectivity index (χ1v) is 9.87. The summed E-state index contributed by atoms with van der Waals surface area (Å²) in [5.41, 5.74) is 2.18. The number of rotatable bonds is 5. The van der Waals surface area contributed by atoms with Gasteiger partial charge in [0.1, 0.15) is 22.2 Å². The maximum Gasteiger partial charge on any atom is 0.336 e. The smallest absolute Gasteiger partial charge is 0.336 e. The van der Waals surface area contributed by atoms with E-state index in [0.29, 0.717) is 28.5 Å². The lowest BCUT2D eigenvalue weighted by atomic mass is 10.1. The molecule has 0 aliphatic carbocycles. The molecule has 0 bridgehead atoms. The fourth-order valence-corrected chi connectivity index (χ4v) is 3.82. The lowest BCUT2D eigenvalue weighted by Crippen LogP contribution is -2.11. The number of nitrogens with zero attached hydrogens (tertiary/aromatic N) is 1. The fraction of sp³-hybridized carbons (Fsp3) is 0.136. The number of aryl methyl sites for hydroxylation is 1. The summed E-state index contributed by atoms with van der Waals surface area (Å²) in [6, 6.07) is 12.5. The van der Waals surface area contributed by atoms with E-state index >= 15 is 0 Å². The second-order valence-electron chi connectivity index (χ2n) is 6.40. The molecule has 0 saturated heterocycles. The van der Waals surface area contributed by atoms with E-state index in [1.54, 1.807) is 35.7 Å². The molecule has 4 aromatic rings. The predicted molar refractivity (Wildman–Crippen MR) is 109 cm³/mol. The molecule has 0 aliphatic rings. The summed E-state index contributed by atoms with van der Waals surface area (Å²) in [5, 5.41) is 3.29. The summed E-state index contributed by atoms with van der Waals surface area (Å²) >= 11 is 1.37. The molecule has 0 fully saturated rings. The SMILES string of the molecule is CCc1cc(=O)oc2cc(OC(=O)Cc3csc(-c4ccc(F)cc4)n3)ccc12. The first-order chi connectivity index (χ1) is 14.0. The van der Waals surface area contributed by atoms with Crippen molar-refractivity contribution >= 4 is 28.3 Å². The Morgan fingerprint density at radius 1 is 1.17 bits per heavy atom. The number of hydrogen-bond donors (Lipinski definition) is 0. The first-order valence-electron chi connectivity index (χ1n) is 8.99. The van der Waals surface area contributed by atoms with Crippen LogP contribution in [0.15, 0.2) is 63.1 Å². The van der Waals surface area contributed by atoms with Gasteiger partial charge in [-0.15, -0.1) is 11.3 Å². The highest BCUT2D eigenvalue weighted by atomic mass is 32.1.